The molecule has 3 aromatic carbocycles. The zero-order valence-corrected chi connectivity index (χ0v) is 19.7. The minimum atomic E-state index is -4.02. The van der Waals surface area contributed by atoms with Crippen LogP contribution in [0.4, 0.5) is 5.69 Å². The molecule has 1 N–H and O–H groups in total. The third-order valence-electron chi connectivity index (χ3n) is 4.94. The van der Waals surface area contributed by atoms with Crippen LogP contribution in [-0.4, -0.2) is 47.2 Å². The third-order valence-corrected chi connectivity index (χ3v) is 6.98. The number of hydrogen-bond donors (Lipinski definition) is 1. The van der Waals surface area contributed by atoms with Crippen molar-refractivity contribution in [2.45, 2.75) is 4.90 Å². The van der Waals surface area contributed by atoms with E-state index in [0.29, 0.717) is 41.2 Å². The third kappa shape index (κ3) is 5.73. The van der Waals surface area contributed by atoms with Crippen LogP contribution in [-0.2, 0) is 14.8 Å². The highest BCUT2D eigenvalue weighted by molar-refractivity contribution is 7.92. The maximum atomic E-state index is 13.4. The van der Waals surface area contributed by atoms with E-state index in [9.17, 15) is 13.2 Å². The monoisotopic (exact) mass is 502 g/mol. The molecule has 0 fully saturated rings. The fourth-order valence-electron chi connectivity index (χ4n) is 3.30. The maximum Gasteiger partial charge on any atom is 0.264 e. The lowest BCUT2D eigenvalue weighted by atomic mass is 10.2. The van der Waals surface area contributed by atoms with Gasteiger partial charge < -0.3 is 19.5 Å². The summed E-state index contributed by atoms with van der Waals surface area (Å²) in [6.45, 7) is 0.761. The fourth-order valence-corrected chi connectivity index (χ4v) is 4.86. The molecule has 0 saturated carbocycles. The summed E-state index contributed by atoms with van der Waals surface area (Å²) in [7, 11) is -4.02. The summed E-state index contributed by atoms with van der Waals surface area (Å²) in [5, 5.41) is 3.30. The Labute approximate surface area is 203 Å². The number of ether oxygens (including phenoxy) is 3. The van der Waals surface area contributed by atoms with E-state index in [1.165, 1.54) is 12.1 Å². The molecular weight excluding hydrogens is 480 g/mol. The van der Waals surface area contributed by atoms with Gasteiger partial charge in [-0.25, -0.2) is 8.42 Å². The number of anilines is 1. The molecule has 1 heterocycles. The highest BCUT2D eigenvalue weighted by Gasteiger charge is 2.28. The molecule has 3 aromatic rings. The Morgan fingerprint density at radius 2 is 1.68 bits per heavy atom. The Kier molecular flexibility index (Phi) is 7.44. The molecule has 4 rings (SSSR count). The van der Waals surface area contributed by atoms with E-state index in [1.54, 1.807) is 60.7 Å². The Morgan fingerprint density at radius 1 is 0.971 bits per heavy atom. The molecule has 8 nitrogen and oxygen atoms in total. The first-order valence-electron chi connectivity index (χ1n) is 10.6. The van der Waals surface area contributed by atoms with Gasteiger partial charge in [-0.05, 0) is 48.5 Å². The van der Waals surface area contributed by atoms with Gasteiger partial charge in [-0.15, -0.1) is 0 Å². The van der Waals surface area contributed by atoms with Crippen LogP contribution < -0.4 is 23.8 Å². The molecule has 34 heavy (non-hydrogen) atoms. The van der Waals surface area contributed by atoms with E-state index in [4.69, 9.17) is 25.8 Å². The summed E-state index contributed by atoms with van der Waals surface area (Å²) in [4.78, 5) is 12.8. The standard InChI is InChI=1S/C24H23ClN2O6S/c25-18-6-9-20(10-7-18)31-13-12-26-24(28)17-27(34(29,30)21-4-2-1-3-5-21)19-8-11-22-23(16-19)33-15-14-32-22/h1-11,16H,12-15,17H2,(H,26,28). The van der Waals surface area contributed by atoms with Crippen LogP contribution in [0.2, 0.25) is 5.02 Å². The second-order valence-electron chi connectivity index (χ2n) is 7.31. The van der Waals surface area contributed by atoms with Crippen LogP contribution in [0.3, 0.4) is 0 Å². The molecule has 0 aliphatic carbocycles. The highest BCUT2D eigenvalue weighted by atomic mass is 35.5. The average molecular weight is 503 g/mol. The molecule has 10 heteroatoms. The number of halogens is 1. The molecular formula is C24H23ClN2O6S. The number of benzene rings is 3. The summed E-state index contributed by atoms with van der Waals surface area (Å²) in [6, 6.07) is 19.6. The van der Waals surface area contributed by atoms with E-state index in [0.717, 1.165) is 4.31 Å². The highest BCUT2D eigenvalue weighted by Crippen LogP contribution is 2.35. The van der Waals surface area contributed by atoms with Gasteiger partial charge in [-0.2, -0.15) is 0 Å². The minimum absolute atomic E-state index is 0.0729. The van der Waals surface area contributed by atoms with Gasteiger partial charge in [0.05, 0.1) is 17.1 Å². The molecule has 1 aliphatic rings. The summed E-state index contributed by atoms with van der Waals surface area (Å²) in [6.07, 6.45) is 0. The van der Waals surface area contributed by atoms with Crippen molar-refractivity contribution in [1.82, 2.24) is 5.32 Å². The summed E-state index contributed by atoms with van der Waals surface area (Å²) in [5.41, 5.74) is 0.292. The van der Waals surface area contributed by atoms with E-state index in [2.05, 4.69) is 5.32 Å². The zero-order valence-electron chi connectivity index (χ0n) is 18.1. The van der Waals surface area contributed by atoms with Crippen LogP contribution in [0.15, 0.2) is 77.7 Å². The number of nitrogens with one attached hydrogen (secondary N) is 1. The Balaban J connectivity index is 1.48. The Morgan fingerprint density at radius 3 is 2.41 bits per heavy atom. The van der Waals surface area contributed by atoms with Gasteiger partial charge in [0.1, 0.15) is 32.1 Å². The van der Waals surface area contributed by atoms with Crippen molar-refractivity contribution in [3.8, 4) is 17.2 Å². The summed E-state index contributed by atoms with van der Waals surface area (Å²) in [5.74, 6) is 1.09. The van der Waals surface area contributed by atoms with Gasteiger partial charge in [0, 0.05) is 11.1 Å². The molecule has 0 saturated heterocycles. The first-order valence-corrected chi connectivity index (χ1v) is 12.4. The number of amides is 1. The Bertz CT molecular complexity index is 1240. The van der Waals surface area contributed by atoms with E-state index >= 15 is 0 Å². The van der Waals surface area contributed by atoms with Crippen molar-refractivity contribution < 1.29 is 27.4 Å². The largest absolute Gasteiger partial charge is 0.492 e. The van der Waals surface area contributed by atoms with Crippen molar-refractivity contribution in [1.29, 1.82) is 0 Å². The van der Waals surface area contributed by atoms with Gasteiger partial charge >= 0.3 is 0 Å². The summed E-state index contributed by atoms with van der Waals surface area (Å²) >= 11 is 5.85. The topological polar surface area (TPSA) is 94.2 Å². The van der Waals surface area contributed by atoms with E-state index in [1.807, 2.05) is 0 Å². The predicted molar refractivity (Wildman–Crippen MR) is 128 cm³/mol. The molecule has 178 valence electrons. The lowest BCUT2D eigenvalue weighted by Crippen LogP contribution is -2.42. The zero-order chi connectivity index (χ0) is 24.0. The van der Waals surface area contributed by atoms with Gasteiger partial charge in [-0.1, -0.05) is 29.8 Å². The number of carbonyl (C=O) groups is 1. The lowest BCUT2D eigenvalue weighted by Gasteiger charge is -2.26. The molecule has 1 aliphatic heterocycles. The minimum Gasteiger partial charge on any atom is -0.492 e. The van der Waals surface area contributed by atoms with E-state index < -0.39 is 22.5 Å². The molecule has 0 radical (unpaired) electrons. The van der Waals surface area contributed by atoms with Crippen LogP contribution in [0, 0.1) is 0 Å². The molecule has 0 spiro atoms. The molecule has 0 unspecified atom stereocenters. The molecule has 0 atom stereocenters. The average Bonchev–Trinajstić information content (AvgIpc) is 2.86. The van der Waals surface area contributed by atoms with Gasteiger partial charge in [0.15, 0.2) is 11.5 Å². The van der Waals surface area contributed by atoms with Gasteiger partial charge in [-0.3, -0.25) is 9.10 Å². The smallest absolute Gasteiger partial charge is 0.264 e. The maximum absolute atomic E-state index is 13.4. The number of nitrogens with zero attached hydrogens (tertiary/aromatic N) is 1. The van der Waals surface area contributed by atoms with E-state index in [-0.39, 0.29) is 18.0 Å². The number of hydrogen-bond acceptors (Lipinski definition) is 6. The van der Waals surface area contributed by atoms with Crippen molar-refractivity contribution in [2.24, 2.45) is 0 Å². The predicted octanol–water partition coefficient (Wildman–Crippen LogP) is 3.50. The molecule has 0 aromatic heterocycles. The second-order valence-corrected chi connectivity index (χ2v) is 9.60. The first kappa shape index (κ1) is 23.7. The SMILES string of the molecule is O=C(CN(c1ccc2c(c1)OCCO2)S(=O)(=O)c1ccccc1)NCCOc1ccc(Cl)cc1. The van der Waals surface area contributed by atoms with Gasteiger partial charge in [0.25, 0.3) is 10.0 Å². The van der Waals surface area contributed by atoms with Crippen LogP contribution in [0.5, 0.6) is 17.2 Å². The number of sulfonamides is 1. The number of carbonyl (C=O) groups excluding carboxylic acids is 1. The van der Waals surface area contributed by atoms with Crippen molar-refractivity contribution in [3.05, 3.63) is 77.8 Å². The number of fused-ring (bicyclic) bond motifs is 1. The van der Waals surface area contributed by atoms with Crippen molar-refractivity contribution in [2.75, 3.05) is 37.2 Å². The number of rotatable bonds is 9. The van der Waals surface area contributed by atoms with Gasteiger partial charge in [0.2, 0.25) is 5.91 Å². The summed E-state index contributed by atoms with van der Waals surface area (Å²) < 4.78 is 44.6. The van der Waals surface area contributed by atoms with Crippen molar-refractivity contribution in [3.63, 3.8) is 0 Å². The second kappa shape index (κ2) is 10.7. The Hall–Kier alpha value is -3.43. The van der Waals surface area contributed by atoms with Crippen LogP contribution >= 0.6 is 11.6 Å². The molecule has 1 amide bonds. The van der Waals surface area contributed by atoms with Crippen molar-refractivity contribution >= 4 is 33.2 Å². The molecule has 0 bridgehead atoms. The lowest BCUT2D eigenvalue weighted by molar-refractivity contribution is -0.119. The normalized spacial score (nSPS) is 12.6. The fraction of sp³-hybridized carbons (Fsp3) is 0.208. The van der Waals surface area contributed by atoms with Crippen LogP contribution in [0.25, 0.3) is 0 Å². The van der Waals surface area contributed by atoms with Crippen LogP contribution in [0.1, 0.15) is 0 Å². The first-order chi connectivity index (χ1) is 16.4. The quantitative estimate of drug-likeness (QED) is 0.450.